The molecule has 1 atom stereocenters. The minimum absolute atomic E-state index is 0.0726. The molecule has 8 heteroatoms. The van der Waals surface area contributed by atoms with E-state index in [1.165, 1.54) is 17.0 Å². The first-order chi connectivity index (χ1) is 8.93. The standard InChI is InChI=1S/C11H12ClN3O4/c12-7-2-8(13)10(3-9(7)15(18)19)14-4-6(5-16)1-11(14)17/h2-3,6,16H,1,4-5,13H2. The zero-order valence-electron chi connectivity index (χ0n) is 9.88. The Balaban J connectivity index is 2.42. The second-order valence-corrected chi connectivity index (χ2v) is 4.78. The molecule has 19 heavy (non-hydrogen) atoms. The average molecular weight is 286 g/mol. The van der Waals surface area contributed by atoms with Crippen LogP contribution in [0.5, 0.6) is 0 Å². The number of carbonyl (C=O) groups is 1. The van der Waals surface area contributed by atoms with Gasteiger partial charge in [-0.15, -0.1) is 0 Å². The van der Waals surface area contributed by atoms with E-state index in [0.29, 0.717) is 6.54 Å². The van der Waals surface area contributed by atoms with Gasteiger partial charge in [0.1, 0.15) is 5.02 Å². The molecule has 1 aromatic rings. The van der Waals surface area contributed by atoms with Crippen molar-refractivity contribution in [2.75, 3.05) is 23.8 Å². The molecule has 1 amide bonds. The molecule has 1 saturated heterocycles. The van der Waals surface area contributed by atoms with Gasteiger partial charge in [-0.25, -0.2) is 0 Å². The third-order valence-electron chi connectivity index (χ3n) is 3.05. The summed E-state index contributed by atoms with van der Waals surface area (Å²) in [5, 5.41) is 19.8. The first-order valence-electron chi connectivity index (χ1n) is 5.58. The smallest absolute Gasteiger partial charge is 0.290 e. The summed E-state index contributed by atoms with van der Waals surface area (Å²) in [6.07, 6.45) is 0.201. The average Bonchev–Trinajstić information content (AvgIpc) is 2.70. The van der Waals surface area contributed by atoms with Crippen molar-refractivity contribution in [1.82, 2.24) is 0 Å². The van der Waals surface area contributed by atoms with Crippen LogP contribution in [0.3, 0.4) is 0 Å². The zero-order chi connectivity index (χ0) is 14.2. The van der Waals surface area contributed by atoms with Gasteiger partial charge in [-0.2, -0.15) is 0 Å². The van der Waals surface area contributed by atoms with Crippen molar-refractivity contribution in [3.63, 3.8) is 0 Å². The van der Waals surface area contributed by atoms with E-state index in [-0.39, 0.29) is 46.9 Å². The van der Waals surface area contributed by atoms with E-state index in [1.807, 2.05) is 0 Å². The molecule has 3 N–H and O–H groups in total. The lowest BCUT2D eigenvalue weighted by atomic mass is 10.1. The van der Waals surface area contributed by atoms with Gasteiger partial charge in [0.2, 0.25) is 5.91 Å². The predicted octanol–water partition coefficient (Wildman–Crippen LogP) is 1.18. The van der Waals surface area contributed by atoms with E-state index in [2.05, 4.69) is 0 Å². The fraction of sp³-hybridized carbons (Fsp3) is 0.364. The highest BCUT2D eigenvalue weighted by Gasteiger charge is 2.32. The summed E-state index contributed by atoms with van der Waals surface area (Å²) in [4.78, 5) is 23.4. The van der Waals surface area contributed by atoms with Crippen LogP contribution >= 0.6 is 11.6 Å². The molecule has 2 rings (SSSR count). The van der Waals surface area contributed by atoms with Gasteiger partial charge >= 0.3 is 0 Å². The molecule has 0 aliphatic carbocycles. The van der Waals surface area contributed by atoms with Gasteiger partial charge in [0.15, 0.2) is 0 Å². The predicted molar refractivity (Wildman–Crippen MR) is 70.1 cm³/mol. The summed E-state index contributed by atoms with van der Waals surface area (Å²) in [5.74, 6) is -0.399. The third kappa shape index (κ3) is 2.47. The normalized spacial score (nSPS) is 18.9. The Morgan fingerprint density at radius 2 is 2.26 bits per heavy atom. The molecule has 1 heterocycles. The van der Waals surface area contributed by atoms with E-state index in [1.54, 1.807) is 0 Å². The number of carbonyl (C=O) groups excluding carboxylic acids is 1. The number of nitro benzene ring substituents is 1. The number of nitro groups is 1. The Kier molecular flexibility index (Phi) is 3.59. The summed E-state index contributed by atoms with van der Waals surface area (Å²) in [7, 11) is 0. The molecule has 0 spiro atoms. The lowest BCUT2D eigenvalue weighted by molar-refractivity contribution is -0.384. The van der Waals surface area contributed by atoms with Crippen LogP contribution in [0, 0.1) is 16.0 Å². The fourth-order valence-corrected chi connectivity index (χ4v) is 2.32. The van der Waals surface area contributed by atoms with Crippen molar-refractivity contribution in [3.05, 3.63) is 27.3 Å². The maximum absolute atomic E-state index is 11.8. The lowest BCUT2D eigenvalue weighted by Crippen LogP contribution is -2.26. The van der Waals surface area contributed by atoms with Crippen LogP contribution in [0.25, 0.3) is 0 Å². The number of aliphatic hydroxyl groups is 1. The van der Waals surface area contributed by atoms with Crippen molar-refractivity contribution in [2.45, 2.75) is 6.42 Å². The second kappa shape index (κ2) is 5.02. The quantitative estimate of drug-likeness (QED) is 0.492. The Labute approximate surface area is 113 Å². The Hall–Kier alpha value is -1.86. The largest absolute Gasteiger partial charge is 0.397 e. The van der Waals surface area contributed by atoms with Gasteiger partial charge in [0.05, 0.1) is 16.3 Å². The van der Waals surface area contributed by atoms with Crippen molar-refractivity contribution in [2.24, 2.45) is 5.92 Å². The minimum Gasteiger partial charge on any atom is -0.397 e. The number of anilines is 2. The summed E-state index contributed by atoms with van der Waals surface area (Å²) in [6.45, 7) is 0.177. The van der Waals surface area contributed by atoms with E-state index < -0.39 is 4.92 Å². The molecule has 0 bridgehead atoms. The SMILES string of the molecule is Nc1cc(Cl)c([N+](=O)[O-])cc1N1CC(CO)CC1=O. The molecule has 1 aromatic carbocycles. The van der Waals surface area contributed by atoms with Crippen LogP contribution in [0.15, 0.2) is 12.1 Å². The highest BCUT2D eigenvalue weighted by atomic mass is 35.5. The monoisotopic (exact) mass is 285 g/mol. The molecule has 1 aliphatic rings. The first-order valence-corrected chi connectivity index (χ1v) is 5.96. The second-order valence-electron chi connectivity index (χ2n) is 4.38. The summed E-state index contributed by atoms with van der Waals surface area (Å²) in [5.41, 5.74) is 5.91. The molecular formula is C11H12ClN3O4. The number of hydrogen-bond donors (Lipinski definition) is 2. The fourth-order valence-electron chi connectivity index (χ4n) is 2.08. The van der Waals surface area contributed by atoms with E-state index in [9.17, 15) is 14.9 Å². The van der Waals surface area contributed by atoms with E-state index >= 15 is 0 Å². The molecule has 0 radical (unpaired) electrons. The molecule has 7 nitrogen and oxygen atoms in total. The maximum Gasteiger partial charge on any atom is 0.290 e. The van der Waals surface area contributed by atoms with Gasteiger partial charge in [-0.1, -0.05) is 11.6 Å². The van der Waals surface area contributed by atoms with Gasteiger partial charge in [-0.05, 0) is 6.07 Å². The summed E-state index contributed by atoms with van der Waals surface area (Å²) < 4.78 is 0. The van der Waals surface area contributed by atoms with Crippen LogP contribution in [-0.4, -0.2) is 29.1 Å². The topological polar surface area (TPSA) is 110 Å². The maximum atomic E-state index is 11.8. The van der Waals surface area contributed by atoms with Crippen LogP contribution < -0.4 is 10.6 Å². The van der Waals surface area contributed by atoms with E-state index in [0.717, 1.165) is 0 Å². The van der Waals surface area contributed by atoms with Crippen LogP contribution in [0.4, 0.5) is 17.1 Å². The number of hydrogen-bond acceptors (Lipinski definition) is 5. The molecule has 1 fully saturated rings. The number of nitrogens with two attached hydrogens (primary N) is 1. The van der Waals surface area contributed by atoms with Gasteiger partial charge < -0.3 is 15.7 Å². The van der Waals surface area contributed by atoms with Gasteiger partial charge in [0.25, 0.3) is 5.69 Å². The number of benzene rings is 1. The van der Waals surface area contributed by atoms with Crippen molar-refractivity contribution < 1.29 is 14.8 Å². The zero-order valence-corrected chi connectivity index (χ0v) is 10.6. The Morgan fingerprint density at radius 3 is 2.79 bits per heavy atom. The highest BCUT2D eigenvalue weighted by Crippen LogP contribution is 2.37. The molecular weight excluding hydrogens is 274 g/mol. The highest BCUT2D eigenvalue weighted by molar-refractivity contribution is 6.33. The van der Waals surface area contributed by atoms with Gasteiger partial charge in [0, 0.05) is 31.6 Å². The summed E-state index contributed by atoms with van der Waals surface area (Å²) >= 11 is 5.73. The Morgan fingerprint density at radius 1 is 1.58 bits per heavy atom. The van der Waals surface area contributed by atoms with Crippen LogP contribution in [0.2, 0.25) is 5.02 Å². The lowest BCUT2D eigenvalue weighted by Gasteiger charge is -2.18. The van der Waals surface area contributed by atoms with Crippen molar-refractivity contribution in [3.8, 4) is 0 Å². The number of halogens is 1. The van der Waals surface area contributed by atoms with Crippen molar-refractivity contribution >= 4 is 34.6 Å². The molecule has 102 valence electrons. The number of aliphatic hydroxyl groups excluding tert-OH is 1. The number of nitrogen functional groups attached to an aromatic ring is 1. The van der Waals surface area contributed by atoms with Gasteiger partial charge in [-0.3, -0.25) is 14.9 Å². The van der Waals surface area contributed by atoms with E-state index in [4.69, 9.17) is 22.4 Å². The number of amides is 1. The Bertz CT molecular complexity index is 549. The summed E-state index contributed by atoms with van der Waals surface area (Å²) in [6, 6.07) is 2.45. The number of nitrogens with zero attached hydrogens (tertiary/aromatic N) is 2. The third-order valence-corrected chi connectivity index (χ3v) is 3.35. The number of rotatable bonds is 3. The minimum atomic E-state index is -0.630. The van der Waals surface area contributed by atoms with Crippen LogP contribution in [0.1, 0.15) is 6.42 Å². The molecule has 0 aromatic heterocycles. The van der Waals surface area contributed by atoms with Crippen molar-refractivity contribution in [1.29, 1.82) is 0 Å². The molecule has 1 unspecified atom stereocenters. The first kappa shape index (κ1) is 13.6. The molecule has 0 saturated carbocycles. The van der Waals surface area contributed by atoms with Crippen LogP contribution in [-0.2, 0) is 4.79 Å². The molecule has 1 aliphatic heterocycles.